The van der Waals surface area contributed by atoms with E-state index in [1.807, 2.05) is 25.1 Å². The topological polar surface area (TPSA) is 111 Å². The average Bonchev–Trinajstić information content (AvgIpc) is 2.91. The largest absolute Gasteiger partial charge is 0.495 e. The van der Waals surface area contributed by atoms with Gasteiger partial charge in [-0.05, 0) is 20.2 Å². The van der Waals surface area contributed by atoms with Gasteiger partial charge in [0.05, 0.1) is 49.1 Å². The van der Waals surface area contributed by atoms with Crippen LogP contribution in [0.25, 0.3) is 22.2 Å². The second-order valence-electron chi connectivity index (χ2n) is 9.42. The molecule has 0 saturated carbocycles. The van der Waals surface area contributed by atoms with E-state index in [0.717, 1.165) is 0 Å². The first-order valence-electron chi connectivity index (χ1n) is 12.6. The number of nitrogens with one attached hydrogen (secondary N) is 1. The van der Waals surface area contributed by atoms with Gasteiger partial charge >= 0.3 is 0 Å². The third-order valence-corrected chi connectivity index (χ3v) is 7.20. The highest BCUT2D eigenvalue weighted by atomic mass is 35.5. The summed E-state index contributed by atoms with van der Waals surface area (Å²) in [5, 5.41) is 3.86. The second-order valence-corrected chi connectivity index (χ2v) is 10.2. The van der Waals surface area contributed by atoms with E-state index >= 15 is 0 Å². The molecule has 1 N–H and O–H groups in total. The zero-order valence-electron chi connectivity index (χ0n) is 23.0. The van der Waals surface area contributed by atoms with Crippen LogP contribution in [-0.2, 0) is 16.1 Å². The minimum atomic E-state index is -0.368. The van der Waals surface area contributed by atoms with Gasteiger partial charge in [-0.2, -0.15) is 4.98 Å². The van der Waals surface area contributed by atoms with Crippen molar-refractivity contribution in [3.63, 3.8) is 0 Å². The molecular weight excluding hydrogens is 559 g/mol. The van der Waals surface area contributed by atoms with Crippen LogP contribution in [0.3, 0.4) is 0 Å². The fraction of sp³-hybridized carbons (Fsp3) is 0.407. The number of fused-ring (bicyclic) bond motifs is 1. The van der Waals surface area contributed by atoms with Crippen LogP contribution < -0.4 is 20.3 Å². The van der Waals surface area contributed by atoms with Crippen molar-refractivity contribution in [3.8, 4) is 22.6 Å². The van der Waals surface area contributed by atoms with Crippen molar-refractivity contribution < 1.29 is 19.0 Å². The van der Waals surface area contributed by atoms with E-state index in [0.29, 0.717) is 48.1 Å². The highest BCUT2D eigenvalue weighted by Gasteiger charge is 2.30. The highest BCUT2D eigenvalue weighted by molar-refractivity contribution is 6.41. The van der Waals surface area contributed by atoms with Gasteiger partial charge < -0.3 is 29.3 Å². The molecule has 0 aliphatic carbocycles. The first-order valence-corrected chi connectivity index (χ1v) is 13.3. The number of ether oxygens (including phenoxy) is 3. The van der Waals surface area contributed by atoms with Gasteiger partial charge in [0, 0.05) is 56.0 Å². The number of hydrogen-bond donors (Lipinski definition) is 1. The van der Waals surface area contributed by atoms with Crippen LogP contribution in [0.4, 0.5) is 5.95 Å². The number of likely N-dealkylation sites (N-methyl/N-ethyl adjacent to an activating group) is 1. The SMILES string of the molecule is CNc1ncc2cc(-c3c(Cl)c(OC)cc(OC)c3Cl)c(=O)n(CCOC3CN(C(=O)C=CCN(C)C)C3)c2n1. The number of aromatic nitrogens is 3. The summed E-state index contributed by atoms with van der Waals surface area (Å²) >= 11 is 13.3. The van der Waals surface area contributed by atoms with Crippen LogP contribution in [0.1, 0.15) is 0 Å². The predicted octanol–water partition coefficient (Wildman–Crippen LogP) is 3.17. The molecule has 0 bridgehead atoms. The first kappa shape index (κ1) is 29.6. The number of rotatable bonds is 11. The van der Waals surface area contributed by atoms with Crippen LogP contribution >= 0.6 is 23.2 Å². The lowest BCUT2D eigenvalue weighted by Gasteiger charge is -2.38. The molecule has 1 amide bonds. The van der Waals surface area contributed by atoms with Gasteiger partial charge in [-0.3, -0.25) is 14.2 Å². The number of amides is 1. The number of benzene rings is 1. The van der Waals surface area contributed by atoms with E-state index in [9.17, 15) is 9.59 Å². The van der Waals surface area contributed by atoms with Crippen molar-refractivity contribution in [2.75, 3.05) is 66.9 Å². The summed E-state index contributed by atoms with van der Waals surface area (Å²) in [4.78, 5) is 38.7. The smallest absolute Gasteiger partial charge is 0.260 e. The van der Waals surface area contributed by atoms with Gasteiger partial charge in [-0.25, -0.2) is 4.98 Å². The van der Waals surface area contributed by atoms with Crippen LogP contribution in [0.15, 0.2) is 35.3 Å². The Morgan fingerprint density at radius 3 is 2.45 bits per heavy atom. The molecule has 2 aromatic heterocycles. The number of methoxy groups -OCH3 is 2. The van der Waals surface area contributed by atoms with Gasteiger partial charge in [0.25, 0.3) is 5.56 Å². The number of nitrogens with zero attached hydrogens (tertiary/aromatic N) is 5. The van der Waals surface area contributed by atoms with E-state index in [4.69, 9.17) is 37.4 Å². The lowest BCUT2D eigenvalue weighted by Crippen LogP contribution is -2.54. The molecule has 0 spiro atoms. The summed E-state index contributed by atoms with van der Waals surface area (Å²) in [7, 11) is 8.51. The van der Waals surface area contributed by atoms with Gasteiger partial charge in [0.15, 0.2) is 0 Å². The van der Waals surface area contributed by atoms with E-state index in [1.165, 1.54) is 18.8 Å². The summed E-state index contributed by atoms with van der Waals surface area (Å²) in [6.07, 6.45) is 4.91. The van der Waals surface area contributed by atoms with E-state index in [-0.39, 0.29) is 51.9 Å². The van der Waals surface area contributed by atoms with Gasteiger partial charge in [-0.1, -0.05) is 29.3 Å². The van der Waals surface area contributed by atoms with Crippen molar-refractivity contribution >= 4 is 46.1 Å². The molecule has 13 heteroatoms. The highest BCUT2D eigenvalue weighted by Crippen LogP contribution is 2.45. The maximum absolute atomic E-state index is 13.9. The third-order valence-electron chi connectivity index (χ3n) is 6.45. The Labute approximate surface area is 242 Å². The number of halogens is 2. The molecule has 0 unspecified atom stereocenters. The van der Waals surface area contributed by atoms with Crippen molar-refractivity contribution in [1.29, 1.82) is 0 Å². The summed E-state index contributed by atoms with van der Waals surface area (Å²) in [5.41, 5.74) is 0.586. The fourth-order valence-corrected chi connectivity index (χ4v) is 5.00. The zero-order chi connectivity index (χ0) is 29.0. The summed E-state index contributed by atoms with van der Waals surface area (Å²) in [6.45, 7) is 2.10. The first-order chi connectivity index (χ1) is 19.2. The number of carbonyl (C=O) groups is 1. The van der Waals surface area contributed by atoms with Crippen molar-refractivity contribution in [1.82, 2.24) is 24.3 Å². The predicted molar refractivity (Wildman–Crippen MR) is 156 cm³/mol. The monoisotopic (exact) mass is 590 g/mol. The van der Waals surface area contributed by atoms with E-state index < -0.39 is 0 Å². The lowest BCUT2D eigenvalue weighted by atomic mass is 10.0. The van der Waals surface area contributed by atoms with Crippen LogP contribution in [0.5, 0.6) is 11.5 Å². The van der Waals surface area contributed by atoms with E-state index in [2.05, 4.69) is 15.3 Å². The van der Waals surface area contributed by atoms with Crippen molar-refractivity contribution in [3.05, 3.63) is 50.9 Å². The lowest BCUT2D eigenvalue weighted by molar-refractivity contribution is -0.139. The molecule has 3 aromatic rings. The summed E-state index contributed by atoms with van der Waals surface area (Å²) < 4.78 is 18.3. The standard InChI is InChI=1S/C27H32Cl2N6O5/c1-30-27-31-13-16-11-18(22-23(28)19(38-4)12-20(39-5)24(22)29)26(37)35(25(16)32-27)9-10-40-17-14-34(15-17)21(36)7-6-8-33(2)3/h6-7,11-13,17H,8-10,14-15H2,1-5H3,(H,30,31,32). The van der Waals surface area contributed by atoms with Crippen molar-refractivity contribution in [2.24, 2.45) is 0 Å². The molecule has 11 nitrogen and oxygen atoms in total. The van der Waals surface area contributed by atoms with Crippen LogP contribution in [0.2, 0.25) is 10.0 Å². The number of anilines is 1. The maximum atomic E-state index is 13.9. The van der Waals surface area contributed by atoms with Crippen molar-refractivity contribution in [2.45, 2.75) is 12.6 Å². The third kappa shape index (κ3) is 6.17. The Morgan fingerprint density at radius 2 is 1.85 bits per heavy atom. The number of likely N-dealkylation sites (tertiary alicyclic amines) is 1. The quantitative estimate of drug-likeness (QED) is 0.336. The second kappa shape index (κ2) is 12.9. The van der Waals surface area contributed by atoms with Gasteiger partial charge in [0.2, 0.25) is 11.9 Å². The van der Waals surface area contributed by atoms with Crippen LogP contribution in [0, 0.1) is 0 Å². The van der Waals surface area contributed by atoms with Gasteiger partial charge in [0.1, 0.15) is 17.1 Å². The average molecular weight is 591 g/mol. The minimum Gasteiger partial charge on any atom is -0.495 e. The number of hydrogen-bond acceptors (Lipinski definition) is 9. The Hall–Kier alpha value is -3.38. The Bertz CT molecular complexity index is 1460. The fourth-order valence-electron chi connectivity index (χ4n) is 4.29. The molecule has 1 aliphatic rings. The maximum Gasteiger partial charge on any atom is 0.260 e. The minimum absolute atomic E-state index is 0.0459. The molecule has 0 atom stereocenters. The zero-order valence-corrected chi connectivity index (χ0v) is 24.5. The molecule has 40 heavy (non-hydrogen) atoms. The number of pyridine rings is 1. The summed E-state index contributed by atoms with van der Waals surface area (Å²) in [6, 6.07) is 3.22. The normalized spacial score (nSPS) is 13.8. The molecule has 3 heterocycles. The molecular formula is C27H32Cl2N6O5. The molecule has 1 aliphatic heterocycles. The molecule has 0 radical (unpaired) electrons. The molecule has 214 valence electrons. The summed E-state index contributed by atoms with van der Waals surface area (Å²) in [5.74, 6) is 0.948. The Kier molecular flexibility index (Phi) is 9.52. The number of carbonyl (C=O) groups excluding carboxylic acids is 1. The molecule has 1 aromatic carbocycles. The molecule has 1 fully saturated rings. The molecule has 4 rings (SSSR count). The molecule has 1 saturated heterocycles. The Morgan fingerprint density at radius 1 is 1.18 bits per heavy atom. The Balaban J connectivity index is 1.60. The van der Waals surface area contributed by atoms with E-state index in [1.54, 1.807) is 36.4 Å². The van der Waals surface area contributed by atoms with Gasteiger partial charge in [-0.15, -0.1) is 0 Å². The van der Waals surface area contributed by atoms with Crippen LogP contribution in [-0.4, -0.2) is 97.9 Å².